The average molecular weight is 508 g/mol. The van der Waals surface area contributed by atoms with Gasteiger partial charge in [0, 0.05) is 46.2 Å². The Morgan fingerprint density at radius 1 is 1.06 bits per heavy atom. The summed E-state index contributed by atoms with van der Waals surface area (Å²) >= 11 is 18.4. The maximum atomic E-state index is 13.1. The molecule has 0 unspecified atom stereocenters. The van der Waals surface area contributed by atoms with Crippen LogP contribution in [0.4, 0.5) is 0 Å². The molecule has 1 fully saturated rings. The van der Waals surface area contributed by atoms with Crippen molar-refractivity contribution in [3.8, 4) is 11.4 Å². The first-order valence-electron chi connectivity index (χ1n) is 11.0. The summed E-state index contributed by atoms with van der Waals surface area (Å²) in [5.41, 5.74) is 1.32. The van der Waals surface area contributed by atoms with Gasteiger partial charge in [-0.2, -0.15) is 0 Å². The van der Waals surface area contributed by atoms with E-state index in [1.165, 1.54) is 17.5 Å². The van der Waals surface area contributed by atoms with E-state index in [0.717, 1.165) is 11.1 Å². The number of nitrogens with zero attached hydrogens (tertiary/aromatic N) is 3. The van der Waals surface area contributed by atoms with E-state index in [0.29, 0.717) is 59.3 Å². The molecule has 4 rings (SSSR count). The zero-order chi connectivity index (χ0) is 23.4. The molecule has 0 spiro atoms. The number of carbonyl (C=O) groups excluding carboxylic acids is 1. The summed E-state index contributed by atoms with van der Waals surface area (Å²) < 4.78 is 2.88. The molecule has 0 amide bonds. The molecule has 33 heavy (non-hydrogen) atoms. The highest BCUT2D eigenvalue weighted by atomic mass is 35.5. The lowest BCUT2D eigenvalue weighted by Gasteiger charge is -2.06. The van der Waals surface area contributed by atoms with Gasteiger partial charge in [0.05, 0.1) is 0 Å². The van der Waals surface area contributed by atoms with Crippen LogP contribution in [0.2, 0.25) is 15.1 Å². The van der Waals surface area contributed by atoms with Gasteiger partial charge in [0.15, 0.2) is 11.6 Å². The summed E-state index contributed by atoms with van der Waals surface area (Å²) in [7, 11) is 0. The molecule has 0 bridgehead atoms. The van der Waals surface area contributed by atoms with Gasteiger partial charge < -0.3 is 5.32 Å². The Kier molecular flexibility index (Phi) is 7.91. The number of hydrogen-bond acceptors (Lipinski definition) is 4. The number of benzene rings is 2. The van der Waals surface area contributed by atoms with Crippen LogP contribution >= 0.6 is 34.8 Å². The molecule has 1 aliphatic carbocycles. The molecule has 174 valence electrons. The largest absolute Gasteiger partial charge is 0.346 e. The van der Waals surface area contributed by atoms with Gasteiger partial charge in [0.2, 0.25) is 0 Å². The second-order valence-corrected chi connectivity index (χ2v) is 9.49. The van der Waals surface area contributed by atoms with Crippen LogP contribution in [0.25, 0.3) is 11.4 Å². The predicted molar refractivity (Wildman–Crippen MR) is 132 cm³/mol. The lowest BCUT2D eigenvalue weighted by atomic mass is 10.1. The monoisotopic (exact) mass is 506 g/mol. The molecule has 1 heterocycles. The van der Waals surface area contributed by atoms with Gasteiger partial charge in [-0.3, -0.25) is 9.36 Å². The number of hydrogen-bond donors (Lipinski definition) is 1. The van der Waals surface area contributed by atoms with Crippen molar-refractivity contribution in [2.75, 3.05) is 6.54 Å². The lowest BCUT2D eigenvalue weighted by molar-refractivity contribution is -0.119. The minimum atomic E-state index is -0.292. The number of carbonyl (C=O) groups is 1. The van der Waals surface area contributed by atoms with Crippen molar-refractivity contribution < 1.29 is 4.79 Å². The first-order chi connectivity index (χ1) is 15.9. The first kappa shape index (κ1) is 24.0. The Bertz CT molecular complexity index is 1160. The van der Waals surface area contributed by atoms with Gasteiger partial charge >= 0.3 is 5.69 Å². The molecule has 1 aromatic heterocycles. The molecule has 1 N–H and O–H groups in total. The second-order valence-electron chi connectivity index (χ2n) is 8.24. The Balaban J connectivity index is 1.45. The van der Waals surface area contributed by atoms with Crippen molar-refractivity contribution in [2.24, 2.45) is 0 Å². The van der Waals surface area contributed by atoms with Crippen molar-refractivity contribution in [2.45, 2.75) is 51.2 Å². The quantitative estimate of drug-likeness (QED) is 0.396. The van der Waals surface area contributed by atoms with Crippen LogP contribution < -0.4 is 11.0 Å². The van der Waals surface area contributed by atoms with Gasteiger partial charge in [0.1, 0.15) is 6.54 Å². The molecule has 2 aromatic carbocycles. The molecule has 1 saturated carbocycles. The van der Waals surface area contributed by atoms with Crippen LogP contribution in [-0.2, 0) is 24.3 Å². The number of rotatable bonds is 11. The smallest absolute Gasteiger partial charge is 0.312 e. The van der Waals surface area contributed by atoms with Gasteiger partial charge in [-0.05, 0) is 67.6 Å². The Morgan fingerprint density at radius 2 is 1.76 bits per heavy atom. The van der Waals surface area contributed by atoms with E-state index < -0.39 is 0 Å². The molecule has 6 nitrogen and oxygen atoms in total. The fraction of sp³-hybridized carbons (Fsp3) is 0.375. The Hall–Kier alpha value is -2.12. The van der Waals surface area contributed by atoms with Crippen molar-refractivity contribution in [1.82, 2.24) is 19.7 Å². The number of halogens is 3. The summed E-state index contributed by atoms with van der Waals surface area (Å²) in [6, 6.07) is 13.1. The maximum absolute atomic E-state index is 13.1. The van der Waals surface area contributed by atoms with Crippen LogP contribution in [0.15, 0.2) is 47.3 Å². The first-order valence-corrected chi connectivity index (χ1v) is 12.2. The highest BCUT2D eigenvalue weighted by Gasteiger charge is 2.21. The summed E-state index contributed by atoms with van der Waals surface area (Å²) in [4.78, 5) is 25.7. The Labute approximate surface area is 207 Å². The third-order valence-corrected chi connectivity index (χ3v) is 6.60. The van der Waals surface area contributed by atoms with Crippen molar-refractivity contribution in [3.63, 3.8) is 0 Å². The van der Waals surface area contributed by atoms with E-state index in [4.69, 9.17) is 34.8 Å². The SMILES string of the molecule is O=C(CCCc1c(Cl)cccc1Cl)Cn1nc(-c2ccc(Cl)cc2)n(CCNC2CC2)c1=O. The fourth-order valence-corrected chi connectivity index (χ4v) is 4.42. The molecule has 0 radical (unpaired) electrons. The van der Waals surface area contributed by atoms with E-state index in [1.54, 1.807) is 34.9 Å². The van der Waals surface area contributed by atoms with Gasteiger partial charge in [-0.25, -0.2) is 9.48 Å². The molecule has 0 atom stereocenters. The van der Waals surface area contributed by atoms with Crippen LogP contribution in [0, 0.1) is 0 Å². The van der Waals surface area contributed by atoms with E-state index in [-0.39, 0.29) is 18.0 Å². The number of nitrogens with one attached hydrogen (secondary N) is 1. The highest BCUT2D eigenvalue weighted by Crippen LogP contribution is 2.26. The van der Waals surface area contributed by atoms with E-state index in [9.17, 15) is 9.59 Å². The second kappa shape index (κ2) is 10.9. The Morgan fingerprint density at radius 3 is 2.42 bits per heavy atom. The molecular weight excluding hydrogens is 483 g/mol. The van der Waals surface area contributed by atoms with Crippen LogP contribution in [-0.4, -0.2) is 32.7 Å². The summed E-state index contributed by atoms with van der Waals surface area (Å²) in [5, 5.41) is 9.70. The fourth-order valence-electron chi connectivity index (χ4n) is 3.71. The van der Waals surface area contributed by atoms with Crippen molar-refractivity contribution in [1.29, 1.82) is 0 Å². The molecular formula is C24H25Cl3N4O2. The summed E-state index contributed by atoms with van der Waals surface area (Å²) in [5.74, 6) is 0.466. The van der Waals surface area contributed by atoms with E-state index >= 15 is 0 Å². The number of aromatic nitrogens is 3. The van der Waals surface area contributed by atoms with Gasteiger partial charge in [-0.1, -0.05) is 40.9 Å². The summed E-state index contributed by atoms with van der Waals surface area (Å²) in [6.45, 7) is 1.08. The lowest BCUT2D eigenvalue weighted by Crippen LogP contribution is -2.31. The van der Waals surface area contributed by atoms with Crippen LogP contribution in [0.5, 0.6) is 0 Å². The number of ketones is 1. The van der Waals surface area contributed by atoms with Crippen LogP contribution in [0.1, 0.15) is 31.2 Å². The zero-order valence-corrected chi connectivity index (χ0v) is 20.3. The normalized spacial score (nSPS) is 13.4. The topological polar surface area (TPSA) is 68.9 Å². The predicted octanol–water partition coefficient (Wildman–Crippen LogP) is 5.02. The third-order valence-electron chi connectivity index (χ3n) is 5.64. The van der Waals surface area contributed by atoms with E-state index in [1.807, 2.05) is 12.1 Å². The van der Waals surface area contributed by atoms with Gasteiger partial charge in [-0.15, -0.1) is 5.10 Å². The molecule has 0 saturated heterocycles. The minimum absolute atomic E-state index is 0.0660. The minimum Gasteiger partial charge on any atom is -0.312 e. The third kappa shape index (κ3) is 6.27. The van der Waals surface area contributed by atoms with Crippen LogP contribution in [0.3, 0.4) is 0 Å². The van der Waals surface area contributed by atoms with Crippen molar-refractivity contribution in [3.05, 3.63) is 73.6 Å². The van der Waals surface area contributed by atoms with Gasteiger partial charge in [0.25, 0.3) is 0 Å². The molecule has 1 aliphatic rings. The molecule has 0 aliphatic heterocycles. The maximum Gasteiger partial charge on any atom is 0.346 e. The van der Waals surface area contributed by atoms with Crippen molar-refractivity contribution >= 4 is 40.6 Å². The zero-order valence-electron chi connectivity index (χ0n) is 18.1. The highest BCUT2D eigenvalue weighted by molar-refractivity contribution is 6.36. The average Bonchev–Trinajstić information content (AvgIpc) is 3.56. The standard InChI is InChI=1S/C24H25Cl3N4O2/c25-17-9-7-16(8-10-17)23-29-31(24(33)30(23)14-13-28-18-11-12-18)15-19(32)3-1-4-20-21(26)5-2-6-22(20)27/h2,5-10,18,28H,1,3-4,11-15H2. The molecule has 3 aromatic rings. The number of Topliss-reactive ketones (excluding diaryl/α,β-unsaturated/α-hetero) is 1. The van der Waals surface area contributed by atoms with E-state index in [2.05, 4.69) is 10.4 Å². The summed E-state index contributed by atoms with van der Waals surface area (Å²) in [6.07, 6.45) is 3.84. The molecule has 9 heteroatoms.